The van der Waals surface area contributed by atoms with Gasteiger partial charge in [0.2, 0.25) is 0 Å². The number of rotatable bonds is 3. The Morgan fingerprint density at radius 1 is 1.50 bits per heavy atom. The lowest BCUT2D eigenvalue weighted by molar-refractivity contribution is 0.0748. The van der Waals surface area contributed by atoms with Gasteiger partial charge in [0.25, 0.3) is 0 Å². The highest BCUT2D eigenvalue weighted by Crippen LogP contribution is 2.29. The summed E-state index contributed by atoms with van der Waals surface area (Å²) in [5, 5.41) is 6.19. The number of carbonyl (C=O) groups excluding carboxylic acids is 1. The van der Waals surface area contributed by atoms with Crippen molar-refractivity contribution in [3.8, 4) is 0 Å². The minimum Gasteiger partial charge on any atom is -0.377 e. The zero-order valence-electron chi connectivity index (χ0n) is 12.2. The first-order valence-corrected chi connectivity index (χ1v) is 7.36. The van der Waals surface area contributed by atoms with Crippen molar-refractivity contribution in [1.29, 1.82) is 0 Å². The van der Waals surface area contributed by atoms with Crippen LogP contribution in [0.15, 0.2) is 6.20 Å². The Bertz CT molecular complexity index is 470. The quantitative estimate of drug-likeness (QED) is 0.895. The van der Waals surface area contributed by atoms with Gasteiger partial charge >= 0.3 is 6.03 Å². The summed E-state index contributed by atoms with van der Waals surface area (Å²) in [6.45, 7) is 7.32. The number of hydrogen-bond acceptors (Lipinski definition) is 5. The van der Waals surface area contributed by atoms with Crippen molar-refractivity contribution in [3.63, 3.8) is 0 Å². The van der Waals surface area contributed by atoms with Gasteiger partial charge in [-0.15, -0.1) is 11.3 Å². The number of amides is 2. The Labute approximate surface area is 122 Å². The van der Waals surface area contributed by atoms with Crippen LogP contribution < -0.4 is 10.6 Å². The molecule has 2 atom stereocenters. The van der Waals surface area contributed by atoms with Gasteiger partial charge in [0.05, 0.1) is 19.3 Å². The standard InChI is InChI=1S/C13H21N3O3S/c1-13(2,3)10-5-14-12(20-10)16-11(17)15-8-6-19-7-9(8)18-4/h5,8-9H,6-7H2,1-4H3,(H2,14,15,16,17)/t8-,9+/m0/s1. The molecule has 2 rings (SSSR count). The van der Waals surface area contributed by atoms with E-state index in [1.165, 1.54) is 11.3 Å². The maximum absolute atomic E-state index is 11.9. The van der Waals surface area contributed by atoms with Crippen LogP contribution in [0.25, 0.3) is 0 Å². The number of carbonyl (C=O) groups is 1. The van der Waals surface area contributed by atoms with Crippen molar-refractivity contribution in [2.75, 3.05) is 25.6 Å². The molecule has 1 aromatic rings. The second-order valence-corrected chi connectivity index (χ2v) is 6.83. The van der Waals surface area contributed by atoms with Gasteiger partial charge in [0.1, 0.15) is 6.10 Å². The predicted octanol–water partition coefficient (Wildman–Crippen LogP) is 1.98. The van der Waals surface area contributed by atoms with Crippen molar-refractivity contribution >= 4 is 22.5 Å². The van der Waals surface area contributed by atoms with Gasteiger partial charge in [-0.2, -0.15) is 0 Å². The van der Waals surface area contributed by atoms with Gasteiger partial charge in [-0.1, -0.05) is 20.8 Å². The molecule has 1 saturated heterocycles. The molecular weight excluding hydrogens is 278 g/mol. The number of urea groups is 1. The molecule has 0 spiro atoms. The summed E-state index contributed by atoms with van der Waals surface area (Å²) in [5.41, 5.74) is 0.0362. The lowest BCUT2D eigenvalue weighted by atomic mass is 9.96. The lowest BCUT2D eigenvalue weighted by Crippen LogP contribution is -2.45. The summed E-state index contributed by atoms with van der Waals surface area (Å²) >= 11 is 1.49. The SMILES string of the molecule is CO[C@@H]1COC[C@@H]1NC(=O)Nc1ncc(C(C)(C)C)s1. The van der Waals surface area contributed by atoms with Gasteiger partial charge in [-0.3, -0.25) is 5.32 Å². The summed E-state index contributed by atoms with van der Waals surface area (Å²) in [6.07, 6.45) is 1.71. The second kappa shape index (κ2) is 6.07. The topological polar surface area (TPSA) is 72.5 Å². The molecule has 1 aliphatic rings. The average molecular weight is 299 g/mol. The summed E-state index contributed by atoms with van der Waals surface area (Å²) in [6, 6.07) is -0.403. The van der Waals surface area contributed by atoms with E-state index in [0.29, 0.717) is 18.3 Å². The van der Waals surface area contributed by atoms with Crippen LogP contribution in [0.2, 0.25) is 0 Å². The largest absolute Gasteiger partial charge is 0.377 e. The molecule has 1 aliphatic heterocycles. The van der Waals surface area contributed by atoms with Gasteiger partial charge in [0, 0.05) is 18.2 Å². The highest BCUT2D eigenvalue weighted by atomic mass is 32.1. The van der Waals surface area contributed by atoms with E-state index in [1.54, 1.807) is 13.3 Å². The molecule has 0 radical (unpaired) electrons. The number of aromatic nitrogens is 1. The fraction of sp³-hybridized carbons (Fsp3) is 0.692. The van der Waals surface area contributed by atoms with Crippen molar-refractivity contribution < 1.29 is 14.3 Å². The molecule has 1 fully saturated rings. The Morgan fingerprint density at radius 2 is 2.25 bits per heavy atom. The smallest absolute Gasteiger partial charge is 0.321 e. The Morgan fingerprint density at radius 3 is 2.85 bits per heavy atom. The van der Waals surface area contributed by atoms with Crippen LogP contribution in [0.5, 0.6) is 0 Å². The molecule has 2 amide bonds. The summed E-state index contributed by atoms with van der Waals surface area (Å²) in [5.74, 6) is 0. The predicted molar refractivity (Wildman–Crippen MR) is 78.4 cm³/mol. The molecule has 0 saturated carbocycles. The Hall–Kier alpha value is -1.18. The molecule has 0 aromatic carbocycles. The van der Waals surface area contributed by atoms with E-state index in [0.717, 1.165) is 4.88 Å². The van der Waals surface area contributed by atoms with Gasteiger partial charge in [0.15, 0.2) is 5.13 Å². The molecule has 2 N–H and O–H groups in total. The van der Waals surface area contributed by atoms with Crippen LogP contribution >= 0.6 is 11.3 Å². The first-order valence-electron chi connectivity index (χ1n) is 6.54. The first kappa shape index (κ1) is 15.2. The molecule has 112 valence electrons. The molecule has 20 heavy (non-hydrogen) atoms. The Balaban J connectivity index is 1.90. The molecule has 0 unspecified atom stereocenters. The lowest BCUT2D eigenvalue weighted by Gasteiger charge is -2.17. The fourth-order valence-electron chi connectivity index (χ4n) is 1.88. The van der Waals surface area contributed by atoms with Crippen LogP contribution in [0, 0.1) is 0 Å². The average Bonchev–Trinajstić information content (AvgIpc) is 2.97. The third-order valence-corrected chi connectivity index (χ3v) is 4.45. The monoisotopic (exact) mass is 299 g/mol. The van der Waals surface area contributed by atoms with Crippen LogP contribution in [0.1, 0.15) is 25.6 Å². The molecular formula is C13H21N3O3S. The number of nitrogens with zero attached hydrogens (tertiary/aromatic N) is 1. The van der Waals surface area contributed by atoms with Crippen LogP contribution in [0.4, 0.5) is 9.93 Å². The number of nitrogens with one attached hydrogen (secondary N) is 2. The Kier molecular flexibility index (Phi) is 4.62. The van der Waals surface area contributed by atoms with Crippen molar-refractivity contribution in [1.82, 2.24) is 10.3 Å². The van der Waals surface area contributed by atoms with Crippen LogP contribution in [0.3, 0.4) is 0 Å². The van der Waals surface area contributed by atoms with E-state index >= 15 is 0 Å². The van der Waals surface area contributed by atoms with Crippen molar-refractivity contribution in [2.24, 2.45) is 0 Å². The number of methoxy groups -OCH3 is 1. The molecule has 0 bridgehead atoms. The maximum atomic E-state index is 11.9. The van der Waals surface area contributed by atoms with Gasteiger partial charge in [-0.25, -0.2) is 9.78 Å². The number of ether oxygens (including phenoxy) is 2. The zero-order chi connectivity index (χ0) is 14.8. The summed E-state index contributed by atoms with van der Waals surface area (Å²) in [4.78, 5) is 17.3. The van der Waals surface area contributed by atoms with Crippen LogP contribution in [-0.4, -0.2) is 43.5 Å². The van der Waals surface area contributed by atoms with E-state index in [-0.39, 0.29) is 23.6 Å². The zero-order valence-corrected chi connectivity index (χ0v) is 13.0. The fourth-order valence-corrected chi connectivity index (χ4v) is 2.75. The minimum atomic E-state index is -0.280. The van der Waals surface area contributed by atoms with Gasteiger partial charge in [-0.05, 0) is 5.41 Å². The molecule has 6 nitrogen and oxygen atoms in total. The van der Waals surface area contributed by atoms with E-state index in [9.17, 15) is 4.79 Å². The van der Waals surface area contributed by atoms with E-state index in [1.807, 2.05) is 0 Å². The van der Waals surface area contributed by atoms with Crippen LogP contribution in [-0.2, 0) is 14.9 Å². The number of hydrogen-bond donors (Lipinski definition) is 2. The molecule has 1 aromatic heterocycles. The molecule has 2 heterocycles. The molecule has 0 aliphatic carbocycles. The normalized spacial score (nSPS) is 22.8. The maximum Gasteiger partial charge on any atom is 0.321 e. The third kappa shape index (κ3) is 3.68. The minimum absolute atomic E-state index is 0.0362. The summed E-state index contributed by atoms with van der Waals surface area (Å²) in [7, 11) is 1.61. The van der Waals surface area contributed by atoms with E-state index in [2.05, 4.69) is 36.4 Å². The highest BCUT2D eigenvalue weighted by Gasteiger charge is 2.29. The first-order chi connectivity index (χ1) is 9.40. The van der Waals surface area contributed by atoms with Gasteiger partial charge < -0.3 is 14.8 Å². The number of thiazole rings is 1. The van der Waals surface area contributed by atoms with E-state index in [4.69, 9.17) is 9.47 Å². The summed E-state index contributed by atoms with van der Waals surface area (Å²) < 4.78 is 10.5. The van der Waals surface area contributed by atoms with Crippen molar-refractivity contribution in [2.45, 2.75) is 38.3 Å². The molecule has 7 heteroatoms. The third-order valence-electron chi connectivity index (χ3n) is 3.11. The highest BCUT2D eigenvalue weighted by molar-refractivity contribution is 7.15. The number of anilines is 1. The van der Waals surface area contributed by atoms with Crippen molar-refractivity contribution in [3.05, 3.63) is 11.1 Å². The van der Waals surface area contributed by atoms with E-state index < -0.39 is 0 Å². The second-order valence-electron chi connectivity index (χ2n) is 5.80.